The molecule has 4 rings (SSSR count). The number of nitrogens with one attached hydrogen (secondary N) is 1. The third-order valence-electron chi connectivity index (χ3n) is 5.69. The number of anilines is 1. The first-order valence-electron chi connectivity index (χ1n) is 9.54. The van der Waals surface area contributed by atoms with Gasteiger partial charge in [-0.15, -0.1) is 0 Å². The van der Waals surface area contributed by atoms with Crippen LogP contribution in [0.15, 0.2) is 12.4 Å². The summed E-state index contributed by atoms with van der Waals surface area (Å²) < 4.78 is 7.20. The molecule has 0 atom stereocenters. The van der Waals surface area contributed by atoms with Crippen molar-refractivity contribution < 1.29 is 9.53 Å². The van der Waals surface area contributed by atoms with Gasteiger partial charge in [0.25, 0.3) is 5.78 Å². The molecule has 2 saturated heterocycles. The van der Waals surface area contributed by atoms with Crippen molar-refractivity contribution >= 4 is 17.5 Å². The minimum absolute atomic E-state index is 0.238. The molecular formula is C18H27N7O2. The molecule has 2 aliphatic heterocycles. The van der Waals surface area contributed by atoms with Crippen molar-refractivity contribution in [3.8, 4) is 0 Å². The summed E-state index contributed by atoms with van der Waals surface area (Å²) in [5.74, 6) is 1.83. The Kier molecular flexibility index (Phi) is 4.96. The smallest absolute Gasteiger partial charge is 0.254 e. The lowest BCUT2D eigenvalue weighted by Crippen LogP contribution is -2.56. The Morgan fingerprint density at radius 3 is 2.70 bits per heavy atom. The number of aryl methyl sites for hydroxylation is 1. The van der Waals surface area contributed by atoms with Crippen LogP contribution in [0, 0.1) is 12.3 Å². The molecule has 27 heavy (non-hydrogen) atoms. The third-order valence-corrected chi connectivity index (χ3v) is 5.69. The summed E-state index contributed by atoms with van der Waals surface area (Å²) in [6, 6.07) is 2.03. The Labute approximate surface area is 158 Å². The van der Waals surface area contributed by atoms with Gasteiger partial charge in [-0.1, -0.05) is 0 Å². The molecule has 0 aromatic carbocycles. The number of amides is 1. The first-order chi connectivity index (χ1) is 13.1. The van der Waals surface area contributed by atoms with Crippen molar-refractivity contribution in [1.82, 2.24) is 29.8 Å². The molecule has 2 aromatic rings. The van der Waals surface area contributed by atoms with Gasteiger partial charge in [-0.3, -0.25) is 4.79 Å². The van der Waals surface area contributed by atoms with Gasteiger partial charge >= 0.3 is 0 Å². The molecular weight excluding hydrogens is 346 g/mol. The number of methoxy groups -OCH3 is 1. The molecule has 9 heteroatoms. The van der Waals surface area contributed by atoms with E-state index in [0.717, 1.165) is 50.5 Å². The highest BCUT2D eigenvalue weighted by Crippen LogP contribution is 2.32. The topological polar surface area (TPSA) is 87.9 Å². The molecule has 2 fully saturated rings. The standard InChI is InChI=1S/C18H27N7O2/c1-14-11-15(25-17(22-14)20-13-21-25)23-7-9-24(10-8-23)16(26)18(12-27-2)3-5-19-6-4-18/h11,13,19H,3-10,12H2,1-2H3. The maximum atomic E-state index is 13.3. The van der Waals surface area contributed by atoms with E-state index in [4.69, 9.17) is 4.74 Å². The zero-order valence-corrected chi connectivity index (χ0v) is 16.0. The molecule has 0 bridgehead atoms. The van der Waals surface area contributed by atoms with Gasteiger partial charge in [-0.25, -0.2) is 4.98 Å². The maximum Gasteiger partial charge on any atom is 0.254 e. The Hall–Kier alpha value is -2.26. The van der Waals surface area contributed by atoms with E-state index >= 15 is 0 Å². The molecule has 1 amide bonds. The van der Waals surface area contributed by atoms with Crippen LogP contribution >= 0.6 is 0 Å². The fourth-order valence-electron chi connectivity index (χ4n) is 4.21. The van der Waals surface area contributed by atoms with Crippen molar-refractivity contribution in [1.29, 1.82) is 0 Å². The summed E-state index contributed by atoms with van der Waals surface area (Å²) >= 11 is 0. The number of carbonyl (C=O) groups is 1. The minimum atomic E-state index is -0.380. The SMILES string of the molecule is COCC1(C(=O)N2CCN(c3cc(C)nc4ncnn34)CC2)CCNCC1. The van der Waals surface area contributed by atoms with E-state index in [2.05, 4.69) is 25.3 Å². The summed E-state index contributed by atoms with van der Waals surface area (Å²) in [5, 5.41) is 7.64. The third kappa shape index (κ3) is 3.37. The number of fused-ring (bicyclic) bond motifs is 1. The lowest BCUT2D eigenvalue weighted by Gasteiger charge is -2.43. The molecule has 9 nitrogen and oxygen atoms in total. The van der Waals surface area contributed by atoms with Gasteiger partial charge in [0.2, 0.25) is 5.91 Å². The molecule has 0 saturated carbocycles. The predicted octanol–water partition coefficient (Wildman–Crippen LogP) is 0.0975. The molecule has 146 valence electrons. The highest BCUT2D eigenvalue weighted by molar-refractivity contribution is 5.83. The van der Waals surface area contributed by atoms with E-state index in [-0.39, 0.29) is 11.3 Å². The van der Waals surface area contributed by atoms with Gasteiger partial charge in [0.1, 0.15) is 12.1 Å². The summed E-state index contributed by atoms with van der Waals surface area (Å²) in [4.78, 5) is 26.2. The number of ether oxygens (including phenoxy) is 1. The molecule has 0 spiro atoms. The normalized spacial score (nSPS) is 20.2. The van der Waals surface area contributed by atoms with E-state index in [9.17, 15) is 4.79 Å². The Morgan fingerprint density at radius 2 is 2.00 bits per heavy atom. The molecule has 0 aliphatic carbocycles. The summed E-state index contributed by atoms with van der Waals surface area (Å²) in [6.07, 6.45) is 3.20. The van der Waals surface area contributed by atoms with Crippen LogP contribution in [0.4, 0.5) is 5.82 Å². The van der Waals surface area contributed by atoms with Gasteiger partial charge in [-0.05, 0) is 32.9 Å². The number of hydrogen-bond acceptors (Lipinski definition) is 7. The Balaban J connectivity index is 1.48. The lowest BCUT2D eigenvalue weighted by atomic mass is 9.78. The highest BCUT2D eigenvalue weighted by atomic mass is 16.5. The second-order valence-corrected chi connectivity index (χ2v) is 7.47. The molecule has 2 aromatic heterocycles. The van der Waals surface area contributed by atoms with E-state index in [0.29, 0.717) is 25.5 Å². The van der Waals surface area contributed by atoms with Crippen LogP contribution < -0.4 is 10.2 Å². The van der Waals surface area contributed by atoms with Gasteiger partial charge in [0, 0.05) is 45.0 Å². The van der Waals surface area contributed by atoms with Gasteiger partial charge in [-0.2, -0.15) is 14.6 Å². The second kappa shape index (κ2) is 7.40. The number of aromatic nitrogens is 4. The Morgan fingerprint density at radius 1 is 1.26 bits per heavy atom. The van der Waals surface area contributed by atoms with Crippen molar-refractivity contribution in [2.45, 2.75) is 19.8 Å². The van der Waals surface area contributed by atoms with Gasteiger partial charge in [0.05, 0.1) is 12.0 Å². The molecule has 0 radical (unpaired) electrons. The molecule has 4 heterocycles. The second-order valence-electron chi connectivity index (χ2n) is 7.47. The number of piperidine rings is 1. The summed E-state index contributed by atoms with van der Waals surface area (Å²) in [5.41, 5.74) is 0.534. The molecule has 2 aliphatic rings. The zero-order valence-electron chi connectivity index (χ0n) is 16.0. The quantitative estimate of drug-likeness (QED) is 0.813. The number of piperazine rings is 1. The monoisotopic (exact) mass is 373 g/mol. The van der Waals surface area contributed by atoms with E-state index < -0.39 is 0 Å². The number of carbonyl (C=O) groups excluding carboxylic acids is 1. The highest BCUT2D eigenvalue weighted by Gasteiger charge is 2.42. The first kappa shape index (κ1) is 18.1. The summed E-state index contributed by atoms with van der Waals surface area (Å²) in [6.45, 7) is 7.15. The maximum absolute atomic E-state index is 13.3. The van der Waals surface area contributed by atoms with Crippen molar-refractivity contribution in [3.63, 3.8) is 0 Å². The number of nitrogens with zero attached hydrogens (tertiary/aromatic N) is 6. The van der Waals surface area contributed by atoms with E-state index in [1.807, 2.05) is 17.9 Å². The van der Waals surface area contributed by atoms with Crippen molar-refractivity contribution in [3.05, 3.63) is 18.1 Å². The first-order valence-corrected chi connectivity index (χ1v) is 9.54. The molecule has 1 N–H and O–H groups in total. The van der Waals surface area contributed by atoms with Crippen molar-refractivity contribution in [2.75, 3.05) is 57.9 Å². The average molecular weight is 373 g/mol. The average Bonchev–Trinajstić information content (AvgIpc) is 3.16. The van der Waals surface area contributed by atoms with Crippen LogP contribution in [-0.4, -0.2) is 83.4 Å². The van der Waals surface area contributed by atoms with Crippen LogP contribution in [0.1, 0.15) is 18.5 Å². The van der Waals surface area contributed by atoms with Crippen molar-refractivity contribution in [2.24, 2.45) is 5.41 Å². The fourth-order valence-corrected chi connectivity index (χ4v) is 4.21. The number of rotatable bonds is 4. The van der Waals surface area contributed by atoms with Crippen LogP contribution in [0.25, 0.3) is 5.78 Å². The van der Waals surface area contributed by atoms with Gasteiger partial charge < -0.3 is 19.9 Å². The predicted molar refractivity (Wildman–Crippen MR) is 101 cm³/mol. The van der Waals surface area contributed by atoms with E-state index in [1.165, 1.54) is 6.33 Å². The zero-order chi connectivity index (χ0) is 18.9. The summed E-state index contributed by atoms with van der Waals surface area (Å²) in [7, 11) is 1.68. The number of hydrogen-bond donors (Lipinski definition) is 1. The molecule has 0 unspecified atom stereocenters. The van der Waals surface area contributed by atoms with Gasteiger partial charge in [0.15, 0.2) is 0 Å². The van der Waals surface area contributed by atoms with Crippen LogP contribution in [-0.2, 0) is 9.53 Å². The Bertz CT molecular complexity index is 802. The van der Waals surface area contributed by atoms with E-state index in [1.54, 1.807) is 11.6 Å². The minimum Gasteiger partial charge on any atom is -0.384 e. The largest absolute Gasteiger partial charge is 0.384 e. The van der Waals surface area contributed by atoms with Crippen LogP contribution in [0.5, 0.6) is 0 Å². The van der Waals surface area contributed by atoms with Crippen LogP contribution in [0.3, 0.4) is 0 Å². The van der Waals surface area contributed by atoms with Crippen LogP contribution in [0.2, 0.25) is 0 Å². The fraction of sp³-hybridized carbons (Fsp3) is 0.667. The lowest BCUT2D eigenvalue weighted by molar-refractivity contribution is -0.147.